The lowest BCUT2D eigenvalue weighted by Crippen LogP contribution is -2.25. The van der Waals surface area contributed by atoms with Crippen molar-refractivity contribution in [2.24, 2.45) is 0 Å². The van der Waals surface area contributed by atoms with Gasteiger partial charge in [0.25, 0.3) is 5.91 Å². The number of benzene rings is 2. The second-order valence-electron chi connectivity index (χ2n) is 7.01. The van der Waals surface area contributed by atoms with E-state index in [9.17, 15) is 4.79 Å². The van der Waals surface area contributed by atoms with Gasteiger partial charge in [0.05, 0.1) is 10.6 Å². The number of aryl methyl sites for hydroxylation is 1. The van der Waals surface area contributed by atoms with Crippen LogP contribution in [-0.2, 0) is 6.54 Å². The fourth-order valence-electron chi connectivity index (χ4n) is 3.29. The molecule has 0 spiro atoms. The zero-order chi connectivity index (χ0) is 20.5. The summed E-state index contributed by atoms with van der Waals surface area (Å²) in [4.78, 5) is 14.1. The van der Waals surface area contributed by atoms with Crippen LogP contribution in [0.1, 0.15) is 21.6 Å². The molecule has 150 valence electrons. The number of ether oxygens (including phenoxy) is 2. The van der Waals surface area contributed by atoms with Gasteiger partial charge in [-0.15, -0.1) is 11.3 Å². The van der Waals surface area contributed by atoms with E-state index in [0.717, 1.165) is 33.1 Å². The summed E-state index contributed by atoms with van der Waals surface area (Å²) in [5, 5.41) is 9.70. The molecule has 1 amide bonds. The van der Waals surface area contributed by atoms with Gasteiger partial charge in [-0.05, 0) is 54.3 Å². The number of thiophene rings is 1. The van der Waals surface area contributed by atoms with Crippen molar-refractivity contribution in [2.45, 2.75) is 13.5 Å². The van der Waals surface area contributed by atoms with Crippen molar-refractivity contribution >= 4 is 17.2 Å². The summed E-state index contributed by atoms with van der Waals surface area (Å²) in [6.45, 7) is 2.64. The summed E-state index contributed by atoms with van der Waals surface area (Å²) in [5.41, 5.74) is 4.20. The van der Waals surface area contributed by atoms with Crippen LogP contribution >= 0.6 is 11.3 Å². The third kappa shape index (κ3) is 3.55. The monoisotopic (exact) mass is 417 g/mol. The van der Waals surface area contributed by atoms with Crippen LogP contribution in [0, 0.1) is 6.92 Å². The first-order valence-corrected chi connectivity index (χ1v) is 10.4. The minimum Gasteiger partial charge on any atom is -0.454 e. The number of carbonyl (C=O) groups excluding carboxylic acids is 1. The molecule has 1 N–H and O–H groups in total. The van der Waals surface area contributed by atoms with Crippen molar-refractivity contribution in [3.05, 3.63) is 82.9 Å². The Labute approximate surface area is 177 Å². The van der Waals surface area contributed by atoms with Gasteiger partial charge < -0.3 is 14.8 Å². The average Bonchev–Trinajstić information content (AvgIpc) is 3.52. The molecule has 0 bridgehead atoms. The van der Waals surface area contributed by atoms with Crippen molar-refractivity contribution in [1.29, 1.82) is 0 Å². The first-order chi connectivity index (χ1) is 14.7. The average molecular weight is 417 g/mol. The van der Waals surface area contributed by atoms with Crippen LogP contribution in [0.3, 0.4) is 0 Å². The third-order valence-electron chi connectivity index (χ3n) is 4.88. The van der Waals surface area contributed by atoms with Crippen molar-refractivity contribution in [2.75, 3.05) is 6.79 Å². The fourth-order valence-corrected chi connectivity index (χ4v) is 3.98. The summed E-state index contributed by atoms with van der Waals surface area (Å²) in [5.74, 6) is 1.23. The number of carbonyl (C=O) groups is 1. The van der Waals surface area contributed by atoms with Gasteiger partial charge in [0.15, 0.2) is 11.5 Å². The normalized spacial score (nSPS) is 12.2. The molecule has 1 aliphatic heterocycles. The molecule has 4 aromatic rings. The predicted octanol–water partition coefficient (Wildman–Crippen LogP) is 4.57. The van der Waals surface area contributed by atoms with Crippen LogP contribution in [0.5, 0.6) is 11.5 Å². The first kappa shape index (κ1) is 18.4. The van der Waals surface area contributed by atoms with E-state index in [2.05, 4.69) is 5.32 Å². The molecular formula is C23H19N3O3S. The molecule has 7 heteroatoms. The van der Waals surface area contributed by atoms with Gasteiger partial charge in [0, 0.05) is 6.54 Å². The molecule has 30 heavy (non-hydrogen) atoms. The number of hydrogen-bond acceptors (Lipinski definition) is 5. The minimum atomic E-state index is -0.191. The largest absolute Gasteiger partial charge is 0.454 e. The van der Waals surface area contributed by atoms with Crippen molar-refractivity contribution in [1.82, 2.24) is 15.1 Å². The Morgan fingerprint density at radius 1 is 1.10 bits per heavy atom. The molecule has 5 rings (SSSR count). The van der Waals surface area contributed by atoms with Crippen molar-refractivity contribution in [3.8, 4) is 27.8 Å². The van der Waals surface area contributed by atoms with E-state index in [4.69, 9.17) is 14.6 Å². The standard InChI is InChI=1S/C23H19N3O3S/c1-15-4-7-17(8-5-15)26-19(12-18(25-26)22-3-2-10-30-22)23(27)24-13-16-6-9-20-21(11-16)29-14-28-20/h2-12H,13-14H2,1H3,(H,24,27). The molecule has 0 fully saturated rings. The summed E-state index contributed by atoms with van der Waals surface area (Å²) in [6, 6.07) is 19.4. The van der Waals surface area contributed by atoms with E-state index in [-0.39, 0.29) is 12.7 Å². The predicted molar refractivity (Wildman–Crippen MR) is 115 cm³/mol. The number of amides is 1. The maximum Gasteiger partial charge on any atom is 0.270 e. The van der Waals surface area contributed by atoms with Gasteiger partial charge in [-0.2, -0.15) is 5.10 Å². The van der Waals surface area contributed by atoms with Crippen molar-refractivity contribution < 1.29 is 14.3 Å². The highest BCUT2D eigenvalue weighted by Crippen LogP contribution is 2.32. The SMILES string of the molecule is Cc1ccc(-n2nc(-c3cccs3)cc2C(=O)NCc2ccc3c(c2)OCO3)cc1. The summed E-state index contributed by atoms with van der Waals surface area (Å²) in [6.07, 6.45) is 0. The Morgan fingerprint density at radius 2 is 1.93 bits per heavy atom. The van der Waals surface area contributed by atoms with Gasteiger partial charge in [-0.1, -0.05) is 29.8 Å². The smallest absolute Gasteiger partial charge is 0.270 e. The topological polar surface area (TPSA) is 65.4 Å². The minimum absolute atomic E-state index is 0.191. The molecule has 6 nitrogen and oxygen atoms in total. The number of fused-ring (bicyclic) bond motifs is 1. The molecule has 0 radical (unpaired) electrons. The van der Waals surface area contributed by atoms with Gasteiger partial charge in [0.1, 0.15) is 11.4 Å². The second-order valence-corrected chi connectivity index (χ2v) is 7.96. The third-order valence-corrected chi connectivity index (χ3v) is 5.78. The Bertz CT molecular complexity index is 1200. The molecule has 3 heterocycles. The molecule has 0 unspecified atom stereocenters. The van der Waals surface area contributed by atoms with Gasteiger partial charge in [-0.3, -0.25) is 4.79 Å². The highest BCUT2D eigenvalue weighted by Gasteiger charge is 2.19. The first-order valence-electron chi connectivity index (χ1n) is 9.55. The summed E-state index contributed by atoms with van der Waals surface area (Å²) in [7, 11) is 0. The Hall–Kier alpha value is -3.58. The van der Waals surface area contributed by atoms with Crippen molar-refractivity contribution in [3.63, 3.8) is 0 Å². The Morgan fingerprint density at radius 3 is 2.73 bits per heavy atom. The van der Waals surface area contributed by atoms with E-state index < -0.39 is 0 Å². The van der Waals surface area contributed by atoms with E-state index in [1.807, 2.05) is 73.0 Å². The molecule has 0 atom stereocenters. The Balaban J connectivity index is 1.43. The van der Waals surface area contributed by atoms with Gasteiger partial charge >= 0.3 is 0 Å². The highest BCUT2D eigenvalue weighted by molar-refractivity contribution is 7.13. The summed E-state index contributed by atoms with van der Waals surface area (Å²) >= 11 is 1.60. The number of aromatic nitrogens is 2. The number of nitrogens with one attached hydrogen (secondary N) is 1. The van der Waals surface area contributed by atoms with E-state index >= 15 is 0 Å². The number of nitrogens with zero attached hydrogens (tertiary/aromatic N) is 2. The van der Waals surface area contributed by atoms with Crippen LogP contribution in [0.4, 0.5) is 0 Å². The molecule has 1 aliphatic rings. The van der Waals surface area contributed by atoms with E-state index in [1.165, 1.54) is 0 Å². The van der Waals surface area contributed by atoms with Crippen LogP contribution in [0.15, 0.2) is 66.0 Å². The molecule has 0 aliphatic carbocycles. The molecule has 0 saturated heterocycles. The maximum atomic E-state index is 13.1. The maximum absolute atomic E-state index is 13.1. The molecular weight excluding hydrogens is 398 g/mol. The summed E-state index contributed by atoms with van der Waals surface area (Å²) < 4.78 is 12.5. The second kappa shape index (κ2) is 7.68. The fraction of sp³-hybridized carbons (Fsp3) is 0.130. The van der Waals surface area contributed by atoms with Crippen LogP contribution in [0.25, 0.3) is 16.3 Å². The van der Waals surface area contributed by atoms with Gasteiger partial charge in [0.2, 0.25) is 6.79 Å². The highest BCUT2D eigenvalue weighted by atomic mass is 32.1. The zero-order valence-corrected chi connectivity index (χ0v) is 17.1. The zero-order valence-electron chi connectivity index (χ0n) is 16.3. The molecule has 0 saturated carbocycles. The van der Waals surface area contributed by atoms with Gasteiger partial charge in [-0.25, -0.2) is 4.68 Å². The molecule has 2 aromatic carbocycles. The molecule has 2 aromatic heterocycles. The Kier molecular flexibility index (Phi) is 4.72. The van der Waals surface area contributed by atoms with Crippen LogP contribution < -0.4 is 14.8 Å². The van der Waals surface area contributed by atoms with Crippen LogP contribution in [0.2, 0.25) is 0 Å². The van der Waals surface area contributed by atoms with E-state index in [1.54, 1.807) is 16.0 Å². The lowest BCUT2D eigenvalue weighted by Gasteiger charge is -2.09. The lowest BCUT2D eigenvalue weighted by atomic mass is 10.2. The quantitative estimate of drug-likeness (QED) is 0.517. The number of rotatable bonds is 5. The number of hydrogen-bond donors (Lipinski definition) is 1. The van der Waals surface area contributed by atoms with E-state index in [0.29, 0.717) is 18.0 Å². The lowest BCUT2D eigenvalue weighted by molar-refractivity contribution is 0.0943. The van der Waals surface area contributed by atoms with Crippen LogP contribution in [-0.4, -0.2) is 22.5 Å².